The molecule has 0 saturated heterocycles. The van der Waals surface area contributed by atoms with Crippen LogP contribution in [0.3, 0.4) is 0 Å². The molecule has 1 unspecified atom stereocenters. The van der Waals surface area contributed by atoms with Gasteiger partial charge in [-0.3, -0.25) is 4.79 Å². The molecule has 1 N–H and O–H groups in total. The zero-order valence-electron chi connectivity index (χ0n) is 17.9. The molecule has 3 nitrogen and oxygen atoms in total. The van der Waals surface area contributed by atoms with E-state index in [1.165, 1.54) is 44.9 Å². The first-order chi connectivity index (χ1) is 12.4. The Kier molecular flexibility index (Phi) is 15.7. The first kappa shape index (κ1) is 25.1. The standard InChI is InChI=1S/C23H44NO2/c1-5-6-7-8-9-10-11-12-13-14-15-16-17-18-19-20-23(26)22(21-25)24(2,3)4/h9-10,12-13,22,25H,5-8,11,14-21H2,1-4H3/q+1. The van der Waals surface area contributed by atoms with E-state index in [0.717, 1.165) is 25.7 Å². The number of allylic oxidation sites excluding steroid dienone is 4. The topological polar surface area (TPSA) is 37.3 Å². The highest BCUT2D eigenvalue weighted by Crippen LogP contribution is 2.12. The molecule has 0 heterocycles. The van der Waals surface area contributed by atoms with Crippen LogP contribution in [-0.4, -0.2) is 49.2 Å². The first-order valence-electron chi connectivity index (χ1n) is 10.7. The molecule has 0 aromatic carbocycles. The molecule has 3 heteroatoms. The minimum atomic E-state index is -0.277. The summed E-state index contributed by atoms with van der Waals surface area (Å²) in [6.07, 6.45) is 22.9. The fourth-order valence-corrected chi connectivity index (χ4v) is 3.06. The lowest BCUT2D eigenvalue weighted by molar-refractivity contribution is -0.886. The number of aliphatic hydroxyl groups is 1. The van der Waals surface area contributed by atoms with Crippen molar-refractivity contribution >= 4 is 5.78 Å². The van der Waals surface area contributed by atoms with Gasteiger partial charge in [-0.1, -0.05) is 63.3 Å². The molecule has 1 atom stereocenters. The van der Waals surface area contributed by atoms with Crippen LogP contribution in [0.1, 0.15) is 84.0 Å². The van der Waals surface area contributed by atoms with Crippen molar-refractivity contribution in [1.82, 2.24) is 0 Å². The van der Waals surface area contributed by atoms with Crippen molar-refractivity contribution in [2.45, 2.75) is 90.0 Å². The van der Waals surface area contributed by atoms with E-state index in [1.54, 1.807) is 0 Å². The number of unbranched alkanes of at least 4 members (excludes halogenated alkanes) is 8. The Bertz CT molecular complexity index is 394. The lowest BCUT2D eigenvalue weighted by Crippen LogP contribution is -2.51. The quantitative estimate of drug-likeness (QED) is 0.211. The summed E-state index contributed by atoms with van der Waals surface area (Å²) in [5, 5.41) is 9.41. The van der Waals surface area contributed by atoms with Gasteiger partial charge in [0.2, 0.25) is 0 Å². The molecule has 26 heavy (non-hydrogen) atoms. The van der Waals surface area contributed by atoms with Crippen molar-refractivity contribution < 1.29 is 14.4 Å². The van der Waals surface area contributed by atoms with Crippen molar-refractivity contribution in [1.29, 1.82) is 0 Å². The van der Waals surface area contributed by atoms with E-state index >= 15 is 0 Å². The number of hydrogen-bond donors (Lipinski definition) is 1. The summed E-state index contributed by atoms with van der Waals surface area (Å²) in [6.45, 7) is 2.19. The molecule has 0 aliphatic rings. The maximum atomic E-state index is 12.2. The summed E-state index contributed by atoms with van der Waals surface area (Å²) >= 11 is 0. The molecule has 0 amide bonds. The lowest BCUT2D eigenvalue weighted by atomic mass is 10.0. The molecule has 0 spiro atoms. The number of quaternary nitrogens is 1. The summed E-state index contributed by atoms with van der Waals surface area (Å²) in [5.41, 5.74) is 0. The summed E-state index contributed by atoms with van der Waals surface area (Å²) in [6, 6.07) is -0.277. The normalized spacial score (nSPS) is 13.7. The number of hydrogen-bond acceptors (Lipinski definition) is 2. The van der Waals surface area contributed by atoms with E-state index in [4.69, 9.17) is 0 Å². The van der Waals surface area contributed by atoms with Gasteiger partial charge in [0.15, 0.2) is 11.8 Å². The molecular formula is C23H44NO2+. The molecular weight excluding hydrogens is 322 g/mol. The predicted octanol–water partition coefficient (Wildman–Crippen LogP) is 5.44. The average molecular weight is 367 g/mol. The highest BCUT2D eigenvalue weighted by atomic mass is 16.3. The van der Waals surface area contributed by atoms with Crippen molar-refractivity contribution in [3.63, 3.8) is 0 Å². The highest BCUT2D eigenvalue weighted by Gasteiger charge is 2.29. The Morgan fingerprint density at radius 1 is 0.846 bits per heavy atom. The number of carbonyl (C=O) groups excluding carboxylic acids is 1. The van der Waals surface area contributed by atoms with Gasteiger partial charge in [-0.15, -0.1) is 0 Å². The van der Waals surface area contributed by atoms with Gasteiger partial charge in [-0.2, -0.15) is 0 Å². The van der Waals surface area contributed by atoms with E-state index in [1.807, 2.05) is 21.1 Å². The van der Waals surface area contributed by atoms with Crippen LogP contribution in [0.25, 0.3) is 0 Å². The Hall–Kier alpha value is -0.930. The van der Waals surface area contributed by atoms with Gasteiger partial charge in [-0.05, 0) is 38.5 Å². The van der Waals surface area contributed by atoms with E-state index < -0.39 is 0 Å². The second-order valence-electron chi connectivity index (χ2n) is 8.26. The van der Waals surface area contributed by atoms with Crippen LogP contribution >= 0.6 is 0 Å². The number of likely N-dealkylation sites (N-methyl/N-ethyl adjacent to an activating group) is 1. The third-order valence-corrected chi connectivity index (χ3v) is 4.85. The minimum Gasteiger partial charge on any atom is -0.390 e. The number of carbonyl (C=O) groups is 1. The van der Waals surface area contributed by atoms with Crippen molar-refractivity contribution in [2.75, 3.05) is 27.7 Å². The predicted molar refractivity (Wildman–Crippen MR) is 113 cm³/mol. The maximum Gasteiger partial charge on any atom is 0.192 e. The Labute approximate surface area is 162 Å². The van der Waals surface area contributed by atoms with Crippen LogP contribution < -0.4 is 0 Å². The lowest BCUT2D eigenvalue weighted by Gasteiger charge is -2.31. The van der Waals surface area contributed by atoms with Gasteiger partial charge in [-0.25, -0.2) is 0 Å². The molecule has 0 aliphatic heterocycles. The number of rotatable bonds is 17. The highest BCUT2D eigenvalue weighted by molar-refractivity contribution is 5.83. The van der Waals surface area contributed by atoms with E-state index in [0.29, 0.717) is 10.9 Å². The minimum absolute atomic E-state index is 0.0530. The van der Waals surface area contributed by atoms with Gasteiger partial charge in [0.1, 0.15) is 6.61 Å². The molecule has 0 aromatic heterocycles. The molecule has 0 saturated carbocycles. The van der Waals surface area contributed by atoms with Crippen LogP contribution in [0.5, 0.6) is 0 Å². The summed E-state index contributed by atoms with van der Waals surface area (Å²) < 4.78 is 0.510. The summed E-state index contributed by atoms with van der Waals surface area (Å²) in [7, 11) is 5.90. The van der Waals surface area contributed by atoms with Crippen LogP contribution in [-0.2, 0) is 4.79 Å². The number of ketones is 1. The first-order valence-corrected chi connectivity index (χ1v) is 10.7. The monoisotopic (exact) mass is 366 g/mol. The number of aliphatic hydroxyl groups excluding tert-OH is 1. The third-order valence-electron chi connectivity index (χ3n) is 4.85. The zero-order chi connectivity index (χ0) is 19.7. The van der Waals surface area contributed by atoms with E-state index in [2.05, 4.69) is 31.2 Å². The van der Waals surface area contributed by atoms with E-state index in [9.17, 15) is 9.90 Å². The second kappa shape index (κ2) is 16.3. The Balaban J connectivity index is 3.53. The van der Waals surface area contributed by atoms with Crippen LogP contribution in [0.15, 0.2) is 24.3 Å². The molecule has 152 valence electrons. The molecule has 0 radical (unpaired) electrons. The fraction of sp³-hybridized carbons (Fsp3) is 0.783. The Morgan fingerprint density at radius 2 is 1.38 bits per heavy atom. The smallest absolute Gasteiger partial charge is 0.192 e. The van der Waals surface area contributed by atoms with Gasteiger partial charge in [0, 0.05) is 6.42 Å². The molecule has 0 aromatic rings. The largest absolute Gasteiger partial charge is 0.390 e. The summed E-state index contributed by atoms with van der Waals surface area (Å²) in [5.74, 6) is 0.200. The van der Waals surface area contributed by atoms with Crippen molar-refractivity contribution in [3.05, 3.63) is 24.3 Å². The summed E-state index contributed by atoms with van der Waals surface area (Å²) in [4.78, 5) is 12.2. The molecule has 0 aliphatic carbocycles. The molecule has 0 fully saturated rings. The third kappa shape index (κ3) is 14.3. The fourth-order valence-electron chi connectivity index (χ4n) is 3.06. The van der Waals surface area contributed by atoms with Crippen LogP contribution in [0, 0.1) is 0 Å². The molecule has 0 rings (SSSR count). The average Bonchev–Trinajstić information content (AvgIpc) is 2.57. The SMILES string of the molecule is CCCCCC=CCC=CCCCCCCCC(=O)C(CO)[N+](C)(C)C. The van der Waals surface area contributed by atoms with Gasteiger partial charge in [0.25, 0.3) is 0 Å². The number of nitrogens with zero attached hydrogens (tertiary/aromatic N) is 1. The van der Waals surface area contributed by atoms with Gasteiger partial charge < -0.3 is 9.59 Å². The van der Waals surface area contributed by atoms with Gasteiger partial charge in [0.05, 0.1) is 21.1 Å². The zero-order valence-corrected chi connectivity index (χ0v) is 17.9. The maximum absolute atomic E-state index is 12.2. The Morgan fingerprint density at radius 3 is 1.92 bits per heavy atom. The van der Waals surface area contributed by atoms with Crippen LogP contribution in [0.2, 0.25) is 0 Å². The molecule has 0 bridgehead atoms. The van der Waals surface area contributed by atoms with Crippen LogP contribution in [0.4, 0.5) is 0 Å². The second-order valence-corrected chi connectivity index (χ2v) is 8.26. The van der Waals surface area contributed by atoms with Gasteiger partial charge >= 0.3 is 0 Å². The van der Waals surface area contributed by atoms with E-state index in [-0.39, 0.29) is 18.4 Å². The van der Waals surface area contributed by atoms with Crippen molar-refractivity contribution in [3.8, 4) is 0 Å². The van der Waals surface area contributed by atoms with Crippen molar-refractivity contribution in [2.24, 2.45) is 0 Å². The number of Topliss-reactive ketones (excluding diaryl/α,β-unsaturated/α-hetero) is 1.